The van der Waals surface area contributed by atoms with Gasteiger partial charge in [-0.1, -0.05) is 24.3 Å². The number of nitrogens with one attached hydrogen (secondary N) is 3. The summed E-state index contributed by atoms with van der Waals surface area (Å²) in [6.45, 7) is 14.8. The first-order valence-corrected chi connectivity index (χ1v) is 12.5. The summed E-state index contributed by atoms with van der Waals surface area (Å²) in [4.78, 5) is 23.2. The Kier molecular flexibility index (Phi) is 8.85. The van der Waals surface area contributed by atoms with E-state index in [1.165, 1.54) is 11.1 Å². The summed E-state index contributed by atoms with van der Waals surface area (Å²) in [6.07, 6.45) is 3.77. The van der Waals surface area contributed by atoms with Crippen LogP contribution in [0, 0.1) is 0 Å². The normalized spacial score (nSPS) is 21.7. The minimum absolute atomic E-state index is 0.0165. The number of amides is 1. The zero-order valence-electron chi connectivity index (χ0n) is 21.9. The van der Waals surface area contributed by atoms with E-state index in [4.69, 9.17) is 0 Å². The molecule has 4 N–H and O–H groups in total. The Morgan fingerprint density at radius 3 is 2.54 bits per heavy atom. The van der Waals surface area contributed by atoms with Gasteiger partial charge in [0.25, 0.3) is 5.91 Å². The Morgan fingerprint density at radius 2 is 1.91 bits per heavy atom. The van der Waals surface area contributed by atoms with Crippen molar-refractivity contribution in [2.45, 2.75) is 76.7 Å². The molecule has 2 aliphatic heterocycles. The number of benzene rings is 1. The Labute approximate surface area is 210 Å². The fourth-order valence-electron chi connectivity index (χ4n) is 5.50. The molecule has 2 aliphatic rings. The van der Waals surface area contributed by atoms with Crippen LogP contribution in [-0.2, 0) is 17.8 Å². The van der Waals surface area contributed by atoms with E-state index in [2.05, 4.69) is 83.4 Å². The summed E-state index contributed by atoms with van der Waals surface area (Å²) >= 11 is 0. The molecule has 1 saturated heterocycles. The lowest BCUT2D eigenvalue weighted by atomic mass is 9.79. The largest absolute Gasteiger partial charge is 0.390 e. The van der Waals surface area contributed by atoms with Crippen molar-refractivity contribution in [3.63, 3.8) is 0 Å². The number of fused-ring (bicyclic) bond motifs is 1. The minimum atomic E-state index is -0.666. The van der Waals surface area contributed by atoms with Crippen molar-refractivity contribution < 1.29 is 9.90 Å². The van der Waals surface area contributed by atoms with Gasteiger partial charge < -0.3 is 21.1 Å². The summed E-state index contributed by atoms with van der Waals surface area (Å²) in [5.74, 6) is 0.177. The fourth-order valence-corrected chi connectivity index (χ4v) is 5.50. The predicted octanol–water partition coefficient (Wildman–Crippen LogP) is 2.03. The number of rotatable bonds is 9. The van der Waals surface area contributed by atoms with Crippen molar-refractivity contribution in [3.8, 4) is 0 Å². The molecule has 192 valence electrons. The first kappa shape index (κ1) is 27.0. The standard InChI is InChI=1S/C27H42N6O2/c1-26(2)14-21(15-27(3,4)32-26)31-24(29-6)13-23(28-5)25(35)30-16-22(34)18-33-12-11-19-9-7-8-10-20(19)17-33/h7-10,13,21-22,31-32,34H,6,11-12,14-18H2,1-5H3,(H,30,35)/b24-13+,28-23+/t22-/m0/s1. The SMILES string of the molecule is C=N/C(=C\C(=N/C)C(=O)NC[C@H](O)CN1CCc2ccccc2C1)NC1CC(C)(C)NC(C)(C)C1. The molecule has 1 aromatic carbocycles. The molecule has 1 amide bonds. The number of nitrogens with zero attached hydrogens (tertiary/aromatic N) is 3. The van der Waals surface area contributed by atoms with Gasteiger partial charge in [0.15, 0.2) is 0 Å². The van der Waals surface area contributed by atoms with E-state index in [0.29, 0.717) is 12.4 Å². The zero-order chi connectivity index (χ0) is 25.6. The van der Waals surface area contributed by atoms with Crippen molar-refractivity contribution in [3.05, 3.63) is 47.3 Å². The summed E-state index contributed by atoms with van der Waals surface area (Å²) < 4.78 is 0. The van der Waals surface area contributed by atoms with Crippen LogP contribution >= 0.6 is 0 Å². The highest BCUT2D eigenvalue weighted by Crippen LogP contribution is 2.29. The van der Waals surface area contributed by atoms with Gasteiger partial charge in [-0.15, -0.1) is 0 Å². The van der Waals surface area contributed by atoms with Gasteiger partial charge in [0, 0.05) is 56.4 Å². The lowest BCUT2D eigenvalue weighted by molar-refractivity contribution is -0.115. The zero-order valence-corrected chi connectivity index (χ0v) is 21.9. The van der Waals surface area contributed by atoms with Crippen molar-refractivity contribution >= 4 is 18.3 Å². The molecule has 35 heavy (non-hydrogen) atoms. The molecule has 0 unspecified atom stereocenters. The number of aliphatic hydroxyl groups is 1. The highest BCUT2D eigenvalue weighted by molar-refractivity contribution is 6.43. The monoisotopic (exact) mass is 482 g/mol. The molecule has 1 atom stereocenters. The third-order valence-electron chi connectivity index (χ3n) is 6.64. The molecule has 0 aliphatic carbocycles. The molecule has 1 aromatic rings. The Hall–Kier alpha value is -2.55. The molecular weight excluding hydrogens is 440 g/mol. The van der Waals surface area contributed by atoms with E-state index in [0.717, 1.165) is 32.4 Å². The number of aliphatic hydroxyl groups excluding tert-OH is 1. The average molecular weight is 483 g/mol. The maximum Gasteiger partial charge on any atom is 0.269 e. The smallest absolute Gasteiger partial charge is 0.269 e. The lowest BCUT2D eigenvalue weighted by Crippen LogP contribution is -2.61. The summed E-state index contributed by atoms with van der Waals surface area (Å²) in [5, 5.41) is 20.5. The van der Waals surface area contributed by atoms with Crippen LogP contribution in [0.15, 0.2) is 46.1 Å². The number of β-amino-alcohol motifs (C(OH)–C–C–N with tert-alkyl or cyclic N) is 1. The average Bonchev–Trinajstić information content (AvgIpc) is 2.78. The number of hydrogen-bond acceptors (Lipinski definition) is 7. The molecule has 0 bridgehead atoms. The van der Waals surface area contributed by atoms with Gasteiger partial charge in [0.2, 0.25) is 0 Å². The number of carbonyl (C=O) groups is 1. The van der Waals surface area contributed by atoms with Gasteiger partial charge in [-0.25, -0.2) is 4.99 Å². The van der Waals surface area contributed by atoms with Crippen LogP contribution in [0.2, 0.25) is 0 Å². The van der Waals surface area contributed by atoms with Crippen molar-refractivity contribution in [2.75, 3.05) is 26.7 Å². The van der Waals surface area contributed by atoms with E-state index >= 15 is 0 Å². The van der Waals surface area contributed by atoms with Gasteiger partial charge in [-0.2, -0.15) is 0 Å². The van der Waals surface area contributed by atoms with E-state index < -0.39 is 6.10 Å². The Morgan fingerprint density at radius 1 is 1.26 bits per heavy atom. The van der Waals surface area contributed by atoms with E-state index in [1.54, 1.807) is 13.1 Å². The van der Waals surface area contributed by atoms with Gasteiger partial charge >= 0.3 is 0 Å². The van der Waals surface area contributed by atoms with Gasteiger partial charge in [-0.3, -0.25) is 14.7 Å². The van der Waals surface area contributed by atoms with Crippen LogP contribution in [-0.4, -0.2) is 78.2 Å². The first-order valence-electron chi connectivity index (χ1n) is 12.5. The van der Waals surface area contributed by atoms with Gasteiger partial charge in [0.1, 0.15) is 11.5 Å². The van der Waals surface area contributed by atoms with Crippen molar-refractivity contribution in [1.29, 1.82) is 0 Å². The maximum absolute atomic E-state index is 12.8. The van der Waals surface area contributed by atoms with Crippen LogP contribution in [0.4, 0.5) is 0 Å². The molecule has 0 aromatic heterocycles. The van der Waals surface area contributed by atoms with Gasteiger partial charge in [0.05, 0.1) is 6.10 Å². The van der Waals surface area contributed by atoms with Gasteiger partial charge in [-0.05, 0) is 64.8 Å². The van der Waals surface area contributed by atoms with Crippen LogP contribution < -0.4 is 16.0 Å². The molecule has 2 heterocycles. The van der Waals surface area contributed by atoms with E-state index in [1.807, 2.05) is 6.07 Å². The summed E-state index contributed by atoms with van der Waals surface area (Å²) in [6, 6.07) is 8.60. The predicted molar refractivity (Wildman–Crippen MR) is 143 cm³/mol. The Balaban J connectivity index is 1.52. The maximum atomic E-state index is 12.8. The van der Waals surface area contributed by atoms with Crippen LogP contribution in [0.25, 0.3) is 0 Å². The molecule has 1 fully saturated rings. The fraction of sp³-hybridized carbons (Fsp3) is 0.593. The van der Waals surface area contributed by atoms with E-state index in [9.17, 15) is 9.90 Å². The summed E-state index contributed by atoms with van der Waals surface area (Å²) in [5.41, 5.74) is 2.89. The number of piperidine rings is 1. The second kappa shape index (κ2) is 11.5. The quantitative estimate of drug-likeness (QED) is 0.404. The van der Waals surface area contributed by atoms with Crippen LogP contribution in [0.3, 0.4) is 0 Å². The van der Waals surface area contributed by atoms with Crippen molar-refractivity contribution in [2.24, 2.45) is 9.98 Å². The second-order valence-corrected chi connectivity index (χ2v) is 11.1. The highest BCUT2D eigenvalue weighted by Gasteiger charge is 2.37. The van der Waals surface area contributed by atoms with Crippen LogP contribution in [0.5, 0.6) is 0 Å². The van der Waals surface area contributed by atoms with Crippen LogP contribution in [0.1, 0.15) is 51.7 Å². The molecular formula is C27H42N6O2. The second-order valence-electron chi connectivity index (χ2n) is 11.1. The molecule has 3 rings (SSSR count). The summed E-state index contributed by atoms with van der Waals surface area (Å²) in [7, 11) is 1.57. The minimum Gasteiger partial charge on any atom is -0.390 e. The lowest BCUT2D eigenvalue weighted by Gasteiger charge is -2.46. The Bertz CT molecular complexity index is 952. The first-order chi connectivity index (χ1) is 16.5. The third kappa shape index (κ3) is 7.98. The molecule has 0 spiro atoms. The molecule has 0 saturated carbocycles. The van der Waals surface area contributed by atoms with Crippen molar-refractivity contribution in [1.82, 2.24) is 20.9 Å². The number of carbonyl (C=O) groups excluding carboxylic acids is 1. The molecule has 8 heteroatoms. The van der Waals surface area contributed by atoms with E-state index in [-0.39, 0.29) is 35.3 Å². The molecule has 8 nitrogen and oxygen atoms in total. The molecule has 0 radical (unpaired) electrons. The topological polar surface area (TPSA) is 101 Å². The highest BCUT2D eigenvalue weighted by atomic mass is 16.3. The number of aliphatic imine (C=N–C) groups is 2. The third-order valence-corrected chi connectivity index (χ3v) is 6.64. The number of hydrogen-bond donors (Lipinski definition) is 4.